The van der Waals surface area contributed by atoms with Crippen LogP contribution in [0.15, 0.2) is 52.3 Å². The molecule has 1 aliphatic heterocycles. The van der Waals surface area contributed by atoms with Gasteiger partial charge in [-0.3, -0.25) is 4.79 Å². The van der Waals surface area contributed by atoms with Gasteiger partial charge in [-0.25, -0.2) is 0 Å². The van der Waals surface area contributed by atoms with E-state index in [-0.39, 0.29) is 22.3 Å². The van der Waals surface area contributed by atoms with Crippen LogP contribution < -0.4 is 14.2 Å². The minimum atomic E-state index is -4.03. The van der Waals surface area contributed by atoms with Crippen LogP contribution in [0, 0.1) is 6.92 Å². The third-order valence-corrected chi connectivity index (χ3v) is 6.05. The second-order valence-electron chi connectivity index (χ2n) is 5.61. The number of methoxy groups -OCH3 is 1. The van der Waals surface area contributed by atoms with E-state index >= 15 is 0 Å². The summed E-state index contributed by atoms with van der Waals surface area (Å²) in [6.07, 6.45) is 1.60. The average molecular weight is 422 g/mol. The van der Waals surface area contributed by atoms with Gasteiger partial charge < -0.3 is 14.2 Å². The highest BCUT2D eigenvalue weighted by atomic mass is 32.2. The Morgan fingerprint density at radius 3 is 2.41 bits per heavy atom. The zero-order valence-electron chi connectivity index (χ0n) is 14.4. The molecule has 0 bridgehead atoms. The number of benzene rings is 2. The number of carbonyl (C=O) groups excluding carboxylic acids is 1. The van der Waals surface area contributed by atoms with Gasteiger partial charge in [-0.2, -0.15) is 8.42 Å². The van der Waals surface area contributed by atoms with Gasteiger partial charge in [-0.05, 0) is 42.8 Å². The van der Waals surface area contributed by atoms with Gasteiger partial charge in [0, 0.05) is 0 Å². The molecule has 1 amide bonds. The normalized spacial score (nSPS) is 15.7. The van der Waals surface area contributed by atoms with E-state index in [1.165, 1.54) is 25.3 Å². The lowest BCUT2D eigenvalue weighted by atomic mass is 10.2. The maximum atomic E-state index is 12.6. The number of rotatable bonds is 5. The standard InChI is InChI=1S/C18H15NO5S3/c1-11-3-6-13(7-4-11)27(21,22)24-15-9-12(5-8-14(15)23-2)10-16-17(20)19-18(25)26-16/h3-10H,1-2H3,(H,19,20,25)/b16-10-. The van der Waals surface area contributed by atoms with Crippen LogP contribution in [0.3, 0.4) is 0 Å². The quantitative estimate of drug-likeness (QED) is 0.451. The van der Waals surface area contributed by atoms with E-state index in [4.69, 9.17) is 21.1 Å². The molecular formula is C18H15NO5S3. The number of thioether (sulfide) groups is 1. The average Bonchev–Trinajstić information content (AvgIpc) is 2.92. The molecule has 3 rings (SSSR count). The van der Waals surface area contributed by atoms with Crippen LogP contribution in [0.1, 0.15) is 11.1 Å². The number of aryl methyl sites for hydroxylation is 1. The summed E-state index contributed by atoms with van der Waals surface area (Å²) in [6, 6.07) is 11.1. The molecule has 2 aromatic rings. The first kappa shape index (κ1) is 19.4. The highest BCUT2D eigenvalue weighted by Crippen LogP contribution is 2.33. The van der Waals surface area contributed by atoms with Crippen molar-refractivity contribution in [2.75, 3.05) is 7.11 Å². The van der Waals surface area contributed by atoms with Gasteiger partial charge >= 0.3 is 10.1 Å². The second-order valence-corrected chi connectivity index (χ2v) is 8.88. The van der Waals surface area contributed by atoms with Crippen molar-refractivity contribution in [2.24, 2.45) is 0 Å². The summed E-state index contributed by atoms with van der Waals surface area (Å²) in [7, 11) is -2.62. The largest absolute Gasteiger partial charge is 0.493 e. The Balaban J connectivity index is 1.94. The Morgan fingerprint density at radius 2 is 1.81 bits per heavy atom. The lowest BCUT2D eigenvalue weighted by Crippen LogP contribution is -2.17. The molecule has 1 saturated heterocycles. The maximum Gasteiger partial charge on any atom is 0.339 e. The van der Waals surface area contributed by atoms with Gasteiger partial charge in [0.05, 0.1) is 12.0 Å². The molecule has 0 saturated carbocycles. The number of hydrogen-bond donors (Lipinski definition) is 1. The maximum absolute atomic E-state index is 12.6. The number of hydrogen-bond acceptors (Lipinski definition) is 7. The topological polar surface area (TPSA) is 81.7 Å². The van der Waals surface area contributed by atoms with E-state index in [0.29, 0.717) is 14.8 Å². The zero-order chi connectivity index (χ0) is 19.6. The van der Waals surface area contributed by atoms with Gasteiger partial charge in [0.2, 0.25) is 0 Å². The first-order valence-electron chi connectivity index (χ1n) is 7.72. The fourth-order valence-corrected chi connectivity index (χ4v) is 4.27. The summed E-state index contributed by atoms with van der Waals surface area (Å²) in [5, 5.41) is 2.52. The molecule has 1 fully saturated rings. The minimum absolute atomic E-state index is 0.0263. The molecule has 0 unspecified atom stereocenters. The van der Waals surface area contributed by atoms with E-state index in [1.807, 2.05) is 6.92 Å². The number of carbonyl (C=O) groups is 1. The van der Waals surface area contributed by atoms with Gasteiger partial charge in [0.1, 0.15) is 9.22 Å². The summed E-state index contributed by atoms with van der Waals surface area (Å²) in [4.78, 5) is 12.3. The Morgan fingerprint density at radius 1 is 1.11 bits per heavy atom. The molecule has 140 valence electrons. The van der Waals surface area contributed by atoms with E-state index in [1.54, 1.807) is 30.3 Å². The molecule has 27 heavy (non-hydrogen) atoms. The predicted molar refractivity (Wildman–Crippen MR) is 108 cm³/mol. The minimum Gasteiger partial charge on any atom is -0.493 e. The number of ether oxygens (including phenoxy) is 1. The molecule has 1 aliphatic rings. The molecular weight excluding hydrogens is 406 g/mol. The fraction of sp³-hybridized carbons (Fsp3) is 0.111. The highest BCUT2D eigenvalue weighted by molar-refractivity contribution is 8.26. The summed E-state index contributed by atoms with van der Waals surface area (Å²) < 4.78 is 36.0. The first-order valence-corrected chi connectivity index (χ1v) is 10.4. The lowest BCUT2D eigenvalue weighted by Gasteiger charge is -2.12. The first-order chi connectivity index (χ1) is 12.8. The molecule has 6 nitrogen and oxygen atoms in total. The van der Waals surface area contributed by atoms with Crippen LogP contribution in [0.5, 0.6) is 11.5 Å². The van der Waals surface area contributed by atoms with E-state index in [2.05, 4.69) is 5.32 Å². The third-order valence-electron chi connectivity index (χ3n) is 3.64. The number of nitrogens with one attached hydrogen (secondary N) is 1. The van der Waals surface area contributed by atoms with Crippen molar-refractivity contribution < 1.29 is 22.1 Å². The molecule has 1 N–H and O–H groups in total. The van der Waals surface area contributed by atoms with Crippen molar-refractivity contribution in [3.8, 4) is 11.5 Å². The van der Waals surface area contributed by atoms with Crippen LogP contribution in [0.25, 0.3) is 6.08 Å². The summed E-state index contributed by atoms with van der Waals surface area (Å²) in [6.45, 7) is 1.86. The molecule has 1 heterocycles. The SMILES string of the molecule is COc1ccc(/C=C2\SC(=S)NC2=O)cc1OS(=O)(=O)c1ccc(C)cc1. The van der Waals surface area contributed by atoms with Crippen molar-refractivity contribution in [2.45, 2.75) is 11.8 Å². The van der Waals surface area contributed by atoms with Crippen LogP contribution in [0.2, 0.25) is 0 Å². The highest BCUT2D eigenvalue weighted by Gasteiger charge is 2.23. The predicted octanol–water partition coefficient (Wildman–Crippen LogP) is 3.26. The van der Waals surface area contributed by atoms with Gasteiger partial charge in [-0.1, -0.05) is 47.7 Å². The number of thiocarbonyl (C=S) groups is 1. The number of amides is 1. The molecule has 0 atom stereocenters. The summed E-state index contributed by atoms with van der Waals surface area (Å²) in [5.41, 5.74) is 1.51. The van der Waals surface area contributed by atoms with Gasteiger partial charge in [0.25, 0.3) is 5.91 Å². The summed E-state index contributed by atoms with van der Waals surface area (Å²) >= 11 is 6.09. The zero-order valence-corrected chi connectivity index (χ0v) is 16.8. The smallest absolute Gasteiger partial charge is 0.339 e. The van der Waals surface area contributed by atoms with Gasteiger partial charge in [-0.15, -0.1) is 0 Å². The van der Waals surface area contributed by atoms with Crippen LogP contribution in [0.4, 0.5) is 0 Å². The van der Waals surface area contributed by atoms with E-state index < -0.39 is 10.1 Å². The van der Waals surface area contributed by atoms with Crippen LogP contribution in [-0.2, 0) is 14.9 Å². The fourth-order valence-electron chi connectivity index (χ4n) is 2.29. The van der Waals surface area contributed by atoms with Crippen LogP contribution in [-0.4, -0.2) is 25.8 Å². The molecule has 0 aromatic heterocycles. The molecule has 9 heteroatoms. The van der Waals surface area contributed by atoms with Gasteiger partial charge in [0.15, 0.2) is 11.5 Å². The van der Waals surface area contributed by atoms with Crippen molar-refractivity contribution >= 4 is 50.4 Å². The van der Waals surface area contributed by atoms with Crippen LogP contribution >= 0.6 is 24.0 Å². The molecule has 0 radical (unpaired) electrons. The van der Waals surface area contributed by atoms with E-state index in [0.717, 1.165) is 17.3 Å². The lowest BCUT2D eigenvalue weighted by molar-refractivity contribution is -0.115. The summed E-state index contributed by atoms with van der Waals surface area (Å²) in [5.74, 6) is -0.0131. The Kier molecular flexibility index (Phi) is 5.54. The second kappa shape index (κ2) is 7.71. The van der Waals surface area contributed by atoms with E-state index in [9.17, 15) is 13.2 Å². The Hall–Kier alpha value is -2.36. The monoisotopic (exact) mass is 421 g/mol. The Bertz CT molecular complexity index is 1040. The van der Waals surface area contributed by atoms with Crippen molar-refractivity contribution in [3.63, 3.8) is 0 Å². The third kappa shape index (κ3) is 4.49. The van der Waals surface area contributed by atoms with Crippen molar-refractivity contribution in [1.82, 2.24) is 5.32 Å². The van der Waals surface area contributed by atoms with Crippen molar-refractivity contribution in [3.05, 3.63) is 58.5 Å². The molecule has 0 aliphatic carbocycles. The molecule has 2 aromatic carbocycles. The van der Waals surface area contributed by atoms with Crippen molar-refractivity contribution in [1.29, 1.82) is 0 Å². The Labute approximate surface area is 166 Å². The molecule has 0 spiro atoms.